The summed E-state index contributed by atoms with van der Waals surface area (Å²) in [5.74, 6) is -2.35. The van der Waals surface area contributed by atoms with Crippen molar-refractivity contribution in [3.63, 3.8) is 0 Å². The number of hydrogen-bond donors (Lipinski definition) is 2. The first kappa shape index (κ1) is 17.1. The predicted molar refractivity (Wildman–Crippen MR) is 109 cm³/mol. The molecule has 3 aromatic rings. The Morgan fingerprint density at radius 1 is 1.04 bits per heavy atom. The Morgan fingerprint density at radius 2 is 1.79 bits per heavy atom. The highest BCUT2D eigenvalue weighted by molar-refractivity contribution is 7.14. The molecular formula is C22H18N2O3S. The number of amides is 1. The number of carbonyl (C=O) groups excluding carboxylic acids is 1. The maximum Gasteiger partial charge on any atom is 0.307 e. The molecule has 1 aromatic heterocycles. The van der Waals surface area contributed by atoms with Gasteiger partial charge in [0.15, 0.2) is 5.13 Å². The fourth-order valence-corrected chi connectivity index (χ4v) is 5.24. The van der Waals surface area contributed by atoms with Gasteiger partial charge in [-0.15, -0.1) is 11.3 Å². The third-order valence-electron chi connectivity index (χ3n) is 5.83. The second-order valence-electron chi connectivity index (χ2n) is 7.43. The zero-order chi connectivity index (χ0) is 19.3. The fraction of sp³-hybridized carbons (Fsp3) is 0.227. The van der Waals surface area contributed by atoms with Crippen molar-refractivity contribution in [2.75, 3.05) is 5.32 Å². The summed E-state index contributed by atoms with van der Waals surface area (Å²) < 4.78 is 0. The first-order valence-corrected chi connectivity index (χ1v) is 10.1. The number of fused-ring (bicyclic) bond motifs is 3. The molecule has 1 saturated carbocycles. The van der Waals surface area contributed by atoms with E-state index in [2.05, 4.69) is 34.6 Å². The molecule has 5 rings (SSSR count). The van der Waals surface area contributed by atoms with Crippen LogP contribution in [-0.4, -0.2) is 22.0 Å². The van der Waals surface area contributed by atoms with Gasteiger partial charge in [0.1, 0.15) is 0 Å². The minimum atomic E-state index is -0.895. The van der Waals surface area contributed by atoms with Crippen LogP contribution in [0.2, 0.25) is 0 Å². The molecule has 0 aliphatic heterocycles. The number of hydrogen-bond acceptors (Lipinski definition) is 4. The molecule has 2 bridgehead atoms. The highest BCUT2D eigenvalue weighted by atomic mass is 32.1. The van der Waals surface area contributed by atoms with E-state index in [1.165, 1.54) is 16.7 Å². The van der Waals surface area contributed by atoms with E-state index in [1.807, 2.05) is 35.7 Å². The average molecular weight is 390 g/mol. The molecule has 2 aliphatic carbocycles. The van der Waals surface area contributed by atoms with Gasteiger partial charge in [0.25, 0.3) is 0 Å². The van der Waals surface area contributed by atoms with Gasteiger partial charge in [0.2, 0.25) is 5.91 Å². The number of nitrogens with zero attached hydrogens (tertiary/aromatic N) is 1. The summed E-state index contributed by atoms with van der Waals surface area (Å²) >= 11 is 1.36. The van der Waals surface area contributed by atoms with Gasteiger partial charge in [-0.1, -0.05) is 48.6 Å². The smallest absolute Gasteiger partial charge is 0.307 e. The van der Waals surface area contributed by atoms with Crippen LogP contribution >= 0.6 is 11.3 Å². The summed E-state index contributed by atoms with van der Waals surface area (Å²) in [6.45, 7) is 0. The van der Waals surface area contributed by atoms with E-state index in [9.17, 15) is 14.7 Å². The van der Waals surface area contributed by atoms with E-state index in [4.69, 9.17) is 0 Å². The van der Waals surface area contributed by atoms with E-state index >= 15 is 0 Å². The van der Waals surface area contributed by atoms with Crippen molar-refractivity contribution in [2.24, 2.45) is 23.7 Å². The SMILES string of the molecule is O=C(O)[C@@H]1[C@@H](C(=O)Nc2nc(-c3ccc4ccccc4c3)cs2)[C@H]2C=C[C@@H]1C2. The minimum Gasteiger partial charge on any atom is -0.481 e. The molecule has 2 aromatic carbocycles. The van der Waals surface area contributed by atoms with Crippen LogP contribution in [0.1, 0.15) is 6.42 Å². The zero-order valence-electron chi connectivity index (χ0n) is 14.9. The monoisotopic (exact) mass is 390 g/mol. The van der Waals surface area contributed by atoms with Crippen molar-refractivity contribution in [1.29, 1.82) is 0 Å². The van der Waals surface area contributed by atoms with Crippen molar-refractivity contribution in [2.45, 2.75) is 6.42 Å². The molecule has 0 spiro atoms. The first-order valence-electron chi connectivity index (χ1n) is 9.27. The van der Waals surface area contributed by atoms with Gasteiger partial charge in [0.05, 0.1) is 17.5 Å². The lowest BCUT2D eigenvalue weighted by Crippen LogP contribution is -2.36. The lowest BCUT2D eigenvalue weighted by Gasteiger charge is -2.23. The van der Waals surface area contributed by atoms with Gasteiger partial charge >= 0.3 is 5.97 Å². The number of thiazole rings is 1. The van der Waals surface area contributed by atoms with Crippen molar-refractivity contribution >= 4 is 39.1 Å². The van der Waals surface area contributed by atoms with Crippen LogP contribution < -0.4 is 5.32 Å². The lowest BCUT2D eigenvalue weighted by atomic mass is 9.82. The number of carboxylic acids is 1. The normalized spacial score (nSPS) is 25.3. The molecule has 0 unspecified atom stereocenters. The Hall–Kier alpha value is -2.99. The lowest BCUT2D eigenvalue weighted by molar-refractivity contribution is -0.146. The van der Waals surface area contributed by atoms with Crippen LogP contribution in [0.3, 0.4) is 0 Å². The quantitative estimate of drug-likeness (QED) is 0.646. The minimum absolute atomic E-state index is 0.00557. The van der Waals surface area contributed by atoms with E-state index in [0.29, 0.717) is 5.13 Å². The number of nitrogens with one attached hydrogen (secondary N) is 1. The summed E-state index contributed by atoms with van der Waals surface area (Å²) in [4.78, 5) is 29.0. The number of benzene rings is 2. The average Bonchev–Trinajstić information content (AvgIpc) is 3.43. The highest BCUT2D eigenvalue weighted by Gasteiger charge is 2.51. The van der Waals surface area contributed by atoms with Crippen LogP contribution in [0, 0.1) is 23.7 Å². The highest BCUT2D eigenvalue weighted by Crippen LogP contribution is 2.48. The van der Waals surface area contributed by atoms with Crippen LogP contribution in [0.15, 0.2) is 60.0 Å². The fourth-order valence-electron chi connectivity index (χ4n) is 4.52. The molecule has 6 heteroatoms. The van der Waals surface area contributed by atoms with Gasteiger partial charge in [-0.25, -0.2) is 4.98 Å². The number of aromatic nitrogens is 1. The van der Waals surface area contributed by atoms with Crippen LogP contribution in [0.4, 0.5) is 5.13 Å². The van der Waals surface area contributed by atoms with Gasteiger partial charge in [-0.3, -0.25) is 9.59 Å². The zero-order valence-corrected chi connectivity index (χ0v) is 15.7. The molecule has 140 valence electrons. The molecule has 1 fully saturated rings. The Balaban J connectivity index is 1.37. The van der Waals surface area contributed by atoms with E-state index in [1.54, 1.807) is 0 Å². The molecule has 5 nitrogen and oxygen atoms in total. The molecule has 1 amide bonds. The van der Waals surface area contributed by atoms with Gasteiger partial charge in [0, 0.05) is 10.9 Å². The van der Waals surface area contributed by atoms with Crippen LogP contribution in [-0.2, 0) is 9.59 Å². The Labute approximate surface area is 165 Å². The van der Waals surface area contributed by atoms with Crippen molar-refractivity contribution in [3.05, 3.63) is 60.0 Å². The second-order valence-corrected chi connectivity index (χ2v) is 8.29. The standard InChI is InChI=1S/C22H18N2O3S/c25-20(18-15-7-8-16(10-15)19(18)21(26)27)24-22-23-17(11-28-22)14-6-5-12-3-1-2-4-13(12)9-14/h1-9,11,15-16,18-19H,10H2,(H,26,27)(H,23,24,25)/t15-,16+,18-,19-/m0/s1. The van der Waals surface area contributed by atoms with Crippen LogP contribution in [0.25, 0.3) is 22.0 Å². The maximum absolute atomic E-state index is 12.8. The molecule has 0 radical (unpaired) electrons. The molecule has 4 atom stereocenters. The third-order valence-corrected chi connectivity index (χ3v) is 6.58. The molecule has 0 saturated heterocycles. The first-order chi connectivity index (χ1) is 13.6. The predicted octanol–water partition coefficient (Wildman–Crippen LogP) is 4.42. The van der Waals surface area contributed by atoms with Gasteiger partial charge in [-0.2, -0.15) is 0 Å². The number of carbonyl (C=O) groups is 2. The van der Waals surface area contributed by atoms with Gasteiger partial charge in [-0.05, 0) is 35.1 Å². The molecule has 2 aliphatic rings. The van der Waals surface area contributed by atoms with E-state index < -0.39 is 17.8 Å². The molecule has 2 N–H and O–H groups in total. The summed E-state index contributed by atoms with van der Waals surface area (Å²) in [6, 6.07) is 14.3. The summed E-state index contributed by atoms with van der Waals surface area (Å²) in [6.07, 6.45) is 4.67. The number of anilines is 1. The third kappa shape index (κ3) is 2.81. The largest absolute Gasteiger partial charge is 0.481 e. The molecular weight excluding hydrogens is 372 g/mol. The maximum atomic E-state index is 12.8. The summed E-state index contributed by atoms with van der Waals surface area (Å²) in [5.41, 5.74) is 1.79. The van der Waals surface area contributed by atoms with Crippen molar-refractivity contribution < 1.29 is 14.7 Å². The van der Waals surface area contributed by atoms with Gasteiger partial charge < -0.3 is 10.4 Å². The number of rotatable bonds is 4. The molecule has 28 heavy (non-hydrogen) atoms. The second kappa shape index (κ2) is 6.56. The Bertz CT molecular complexity index is 1120. The van der Waals surface area contributed by atoms with Crippen molar-refractivity contribution in [1.82, 2.24) is 4.98 Å². The van der Waals surface area contributed by atoms with E-state index in [-0.39, 0.29) is 17.7 Å². The summed E-state index contributed by atoms with van der Waals surface area (Å²) in [5, 5.41) is 17.1. The van der Waals surface area contributed by atoms with Crippen molar-refractivity contribution in [3.8, 4) is 11.3 Å². The number of aliphatic carboxylic acids is 1. The van der Waals surface area contributed by atoms with E-state index in [0.717, 1.165) is 23.1 Å². The van der Waals surface area contributed by atoms with Crippen LogP contribution in [0.5, 0.6) is 0 Å². The molecule has 1 heterocycles. The summed E-state index contributed by atoms with van der Waals surface area (Å²) in [7, 11) is 0. The number of carboxylic acid groups (broad SMARTS) is 1. The Morgan fingerprint density at radius 3 is 2.57 bits per heavy atom. The topological polar surface area (TPSA) is 79.3 Å². The number of allylic oxidation sites excluding steroid dienone is 2. The Kier molecular flexibility index (Phi) is 4.02.